The number of nitrogens with two attached hydrogens (primary N) is 1. The summed E-state index contributed by atoms with van der Waals surface area (Å²) in [6, 6.07) is 6.95. The summed E-state index contributed by atoms with van der Waals surface area (Å²) in [4.78, 5) is 11.3. The van der Waals surface area contributed by atoms with Crippen LogP contribution in [-0.4, -0.2) is 13.1 Å². The van der Waals surface area contributed by atoms with E-state index in [1.54, 1.807) is 18.2 Å². The average molecular weight is 205 g/mol. The van der Waals surface area contributed by atoms with E-state index in [-0.39, 0.29) is 5.97 Å². The Hall–Kier alpha value is -1.81. The van der Waals surface area contributed by atoms with E-state index in [4.69, 9.17) is 10.2 Å². The van der Waals surface area contributed by atoms with Crippen LogP contribution in [0.4, 0.5) is 0 Å². The highest BCUT2D eigenvalue weighted by Gasteiger charge is 2.08. The number of benzene rings is 1. The van der Waals surface area contributed by atoms with E-state index in [9.17, 15) is 4.79 Å². The minimum atomic E-state index is -0.354. The van der Waals surface area contributed by atoms with Crippen LogP contribution in [0.15, 0.2) is 28.7 Å². The van der Waals surface area contributed by atoms with Crippen molar-refractivity contribution >= 4 is 16.9 Å². The topological polar surface area (TPSA) is 65.5 Å². The molecule has 4 nitrogen and oxygen atoms in total. The molecule has 0 spiro atoms. The van der Waals surface area contributed by atoms with E-state index < -0.39 is 0 Å². The van der Waals surface area contributed by atoms with Crippen LogP contribution in [0.2, 0.25) is 0 Å². The summed E-state index contributed by atoms with van der Waals surface area (Å²) in [6.07, 6.45) is 0. The van der Waals surface area contributed by atoms with Crippen molar-refractivity contribution in [1.29, 1.82) is 0 Å². The molecule has 0 fully saturated rings. The number of hydrogen-bond acceptors (Lipinski definition) is 4. The van der Waals surface area contributed by atoms with Crippen LogP contribution in [0.1, 0.15) is 16.1 Å². The highest BCUT2D eigenvalue weighted by Crippen LogP contribution is 2.20. The lowest BCUT2D eigenvalue weighted by atomic mass is 10.1. The summed E-state index contributed by atoms with van der Waals surface area (Å²) in [5, 5.41) is 0.860. The van der Waals surface area contributed by atoms with Gasteiger partial charge in [0, 0.05) is 5.39 Å². The lowest BCUT2D eigenvalue weighted by molar-refractivity contribution is 0.0601. The third-order valence-corrected chi connectivity index (χ3v) is 2.19. The number of hydrogen-bond donors (Lipinski definition) is 1. The van der Waals surface area contributed by atoms with Gasteiger partial charge in [-0.1, -0.05) is 0 Å². The molecule has 0 saturated heterocycles. The molecule has 2 N–H and O–H groups in total. The first kappa shape index (κ1) is 9.73. The molecular formula is C11H11NO3. The van der Waals surface area contributed by atoms with E-state index in [1.807, 2.05) is 6.07 Å². The summed E-state index contributed by atoms with van der Waals surface area (Å²) >= 11 is 0. The average Bonchev–Trinajstić information content (AvgIpc) is 2.69. The van der Waals surface area contributed by atoms with Crippen molar-refractivity contribution in [2.45, 2.75) is 6.54 Å². The monoisotopic (exact) mass is 205 g/mol. The second-order valence-electron chi connectivity index (χ2n) is 3.16. The number of esters is 1. The Bertz CT molecular complexity index is 502. The maximum absolute atomic E-state index is 11.3. The van der Waals surface area contributed by atoms with Crippen LogP contribution in [0, 0.1) is 0 Å². The van der Waals surface area contributed by atoms with E-state index in [1.165, 1.54) is 7.11 Å². The van der Waals surface area contributed by atoms with Gasteiger partial charge in [0.1, 0.15) is 11.3 Å². The number of methoxy groups -OCH3 is 1. The molecule has 1 aromatic heterocycles. The van der Waals surface area contributed by atoms with Crippen LogP contribution >= 0.6 is 0 Å². The Balaban J connectivity index is 2.50. The minimum absolute atomic E-state index is 0.349. The molecule has 0 aliphatic rings. The van der Waals surface area contributed by atoms with Gasteiger partial charge in [0.25, 0.3) is 0 Å². The first-order valence-corrected chi connectivity index (χ1v) is 4.55. The molecule has 2 aromatic rings. The molecule has 0 amide bonds. The number of fused-ring (bicyclic) bond motifs is 1. The highest BCUT2D eigenvalue weighted by molar-refractivity contribution is 5.94. The first-order valence-electron chi connectivity index (χ1n) is 4.55. The number of rotatable bonds is 2. The van der Waals surface area contributed by atoms with Gasteiger partial charge in [-0.25, -0.2) is 4.79 Å². The second-order valence-corrected chi connectivity index (χ2v) is 3.16. The molecule has 0 bridgehead atoms. The van der Waals surface area contributed by atoms with Gasteiger partial charge in [-0.15, -0.1) is 0 Å². The zero-order valence-electron chi connectivity index (χ0n) is 8.32. The molecule has 0 unspecified atom stereocenters. The Morgan fingerprint density at radius 3 is 2.93 bits per heavy atom. The Kier molecular flexibility index (Phi) is 2.43. The molecule has 0 saturated carbocycles. The van der Waals surface area contributed by atoms with Gasteiger partial charge in [0.15, 0.2) is 0 Å². The fraction of sp³-hybridized carbons (Fsp3) is 0.182. The standard InChI is InChI=1S/C11H11NO3/c1-14-11(13)7-2-3-10-8(4-7)5-9(6-12)15-10/h2-5H,6,12H2,1H3. The summed E-state index contributed by atoms with van der Waals surface area (Å²) in [6.45, 7) is 0.349. The van der Waals surface area contributed by atoms with Crippen LogP contribution in [0.25, 0.3) is 11.0 Å². The predicted molar refractivity (Wildman–Crippen MR) is 55.4 cm³/mol. The van der Waals surface area contributed by atoms with Gasteiger partial charge >= 0.3 is 5.97 Å². The molecular weight excluding hydrogens is 194 g/mol. The molecule has 4 heteroatoms. The zero-order chi connectivity index (χ0) is 10.8. The molecule has 0 atom stereocenters. The van der Waals surface area contributed by atoms with Crippen molar-refractivity contribution in [3.63, 3.8) is 0 Å². The van der Waals surface area contributed by atoms with Crippen LogP contribution in [-0.2, 0) is 11.3 Å². The molecule has 1 heterocycles. The van der Waals surface area contributed by atoms with Crippen molar-refractivity contribution < 1.29 is 13.9 Å². The number of carbonyl (C=O) groups is 1. The van der Waals surface area contributed by atoms with Crippen LogP contribution in [0.5, 0.6) is 0 Å². The second kappa shape index (κ2) is 3.74. The first-order chi connectivity index (χ1) is 7.24. The van der Waals surface area contributed by atoms with E-state index in [0.29, 0.717) is 17.9 Å². The molecule has 0 aliphatic carbocycles. The van der Waals surface area contributed by atoms with Crippen molar-refractivity contribution in [2.75, 3.05) is 7.11 Å². The molecule has 0 radical (unpaired) electrons. The van der Waals surface area contributed by atoms with Crippen molar-refractivity contribution in [2.24, 2.45) is 5.73 Å². The van der Waals surface area contributed by atoms with Gasteiger partial charge in [0.2, 0.25) is 0 Å². The maximum atomic E-state index is 11.3. The van der Waals surface area contributed by atoms with Gasteiger partial charge in [0.05, 0.1) is 19.2 Å². The molecule has 1 aromatic carbocycles. The number of carbonyl (C=O) groups excluding carboxylic acids is 1. The van der Waals surface area contributed by atoms with Crippen molar-refractivity contribution in [1.82, 2.24) is 0 Å². The summed E-state index contributed by atoms with van der Waals surface area (Å²) in [7, 11) is 1.35. The fourth-order valence-electron chi connectivity index (χ4n) is 1.44. The van der Waals surface area contributed by atoms with Gasteiger partial charge < -0.3 is 14.9 Å². The van der Waals surface area contributed by atoms with Crippen molar-refractivity contribution in [3.05, 3.63) is 35.6 Å². The Labute approximate surface area is 86.6 Å². The van der Waals surface area contributed by atoms with Crippen LogP contribution in [0.3, 0.4) is 0 Å². The Morgan fingerprint density at radius 1 is 1.47 bits per heavy atom. The van der Waals surface area contributed by atoms with Crippen LogP contribution < -0.4 is 5.73 Å². The zero-order valence-corrected chi connectivity index (χ0v) is 8.32. The largest absolute Gasteiger partial charge is 0.465 e. The van der Waals surface area contributed by atoms with E-state index in [2.05, 4.69) is 4.74 Å². The smallest absolute Gasteiger partial charge is 0.337 e. The lowest BCUT2D eigenvalue weighted by Gasteiger charge is -1.97. The normalized spacial score (nSPS) is 10.5. The highest BCUT2D eigenvalue weighted by atomic mass is 16.5. The number of ether oxygens (including phenoxy) is 1. The molecule has 0 aliphatic heterocycles. The molecule has 78 valence electrons. The Morgan fingerprint density at radius 2 is 2.27 bits per heavy atom. The molecule has 2 rings (SSSR count). The number of furan rings is 1. The predicted octanol–water partition coefficient (Wildman–Crippen LogP) is 1.68. The van der Waals surface area contributed by atoms with Gasteiger partial charge in [-0.2, -0.15) is 0 Å². The van der Waals surface area contributed by atoms with E-state index >= 15 is 0 Å². The van der Waals surface area contributed by atoms with E-state index in [0.717, 1.165) is 11.0 Å². The minimum Gasteiger partial charge on any atom is -0.465 e. The van der Waals surface area contributed by atoms with Gasteiger partial charge in [-0.05, 0) is 24.3 Å². The van der Waals surface area contributed by atoms with Gasteiger partial charge in [-0.3, -0.25) is 0 Å². The summed E-state index contributed by atoms with van der Waals surface area (Å²) in [5.74, 6) is 0.347. The lowest BCUT2D eigenvalue weighted by Crippen LogP contribution is -1.99. The summed E-state index contributed by atoms with van der Waals surface area (Å²) in [5.41, 5.74) is 6.69. The van der Waals surface area contributed by atoms with Crippen molar-refractivity contribution in [3.8, 4) is 0 Å². The quantitative estimate of drug-likeness (QED) is 0.757. The molecule has 15 heavy (non-hydrogen) atoms. The SMILES string of the molecule is COC(=O)c1ccc2oc(CN)cc2c1. The third-order valence-electron chi connectivity index (χ3n) is 2.19. The third kappa shape index (κ3) is 1.71. The summed E-state index contributed by atoms with van der Waals surface area (Å²) < 4.78 is 10.0. The fourth-order valence-corrected chi connectivity index (χ4v) is 1.44. The maximum Gasteiger partial charge on any atom is 0.337 e.